The van der Waals surface area contributed by atoms with E-state index in [-0.39, 0.29) is 19.4 Å². The summed E-state index contributed by atoms with van der Waals surface area (Å²) in [6.45, 7) is 0.526. The predicted molar refractivity (Wildman–Crippen MR) is 75.1 cm³/mol. The molecule has 3 atom stereocenters. The van der Waals surface area contributed by atoms with Gasteiger partial charge in [-0.05, 0) is 18.4 Å². The van der Waals surface area contributed by atoms with E-state index in [9.17, 15) is 10.2 Å². The number of hydrogen-bond donors (Lipinski definition) is 4. The topological polar surface area (TPSA) is 90.2 Å². The molecule has 0 saturated carbocycles. The first-order valence-electron chi connectivity index (χ1n) is 6.88. The fraction of sp³-hybridized carbons (Fsp3) is 0.600. The van der Waals surface area contributed by atoms with E-state index in [1.54, 1.807) is 0 Å². The summed E-state index contributed by atoms with van der Waals surface area (Å²) < 4.78 is 5.44. The number of hydrogen-bond acceptors (Lipinski definition) is 5. The molecule has 0 radical (unpaired) electrons. The summed E-state index contributed by atoms with van der Waals surface area (Å²) in [5.41, 5.74) is 1.08. The van der Waals surface area contributed by atoms with Crippen molar-refractivity contribution < 1.29 is 25.2 Å². The largest absolute Gasteiger partial charge is 0.394 e. The third kappa shape index (κ3) is 7.57. The summed E-state index contributed by atoms with van der Waals surface area (Å²) >= 11 is 0. The average molecular weight is 284 g/mol. The van der Waals surface area contributed by atoms with Crippen molar-refractivity contribution in [2.75, 3.05) is 13.2 Å². The maximum atomic E-state index is 9.72. The molecule has 5 heteroatoms. The van der Waals surface area contributed by atoms with Gasteiger partial charge < -0.3 is 25.2 Å². The Morgan fingerprint density at radius 3 is 2.20 bits per heavy atom. The highest BCUT2D eigenvalue weighted by atomic mass is 16.5. The quantitative estimate of drug-likeness (QED) is 0.468. The molecule has 0 aliphatic carbocycles. The number of rotatable bonds is 10. The van der Waals surface area contributed by atoms with E-state index in [0.29, 0.717) is 19.6 Å². The Bertz CT molecular complexity index is 343. The van der Waals surface area contributed by atoms with Gasteiger partial charge in [0.25, 0.3) is 0 Å². The van der Waals surface area contributed by atoms with E-state index < -0.39 is 18.3 Å². The Balaban J connectivity index is 2.09. The van der Waals surface area contributed by atoms with Crippen LogP contribution in [0.15, 0.2) is 30.3 Å². The van der Waals surface area contributed by atoms with Crippen LogP contribution in [0.4, 0.5) is 0 Å². The van der Waals surface area contributed by atoms with Crippen LogP contribution in [-0.2, 0) is 11.3 Å². The monoisotopic (exact) mass is 284 g/mol. The second-order valence-electron chi connectivity index (χ2n) is 4.94. The lowest BCUT2D eigenvalue weighted by molar-refractivity contribution is 0.00807. The summed E-state index contributed by atoms with van der Waals surface area (Å²) in [4.78, 5) is 0. The van der Waals surface area contributed by atoms with Crippen LogP contribution in [0.25, 0.3) is 0 Å². The minimum absolute atomic E-state index is 0.0679. The van der Waals surface area contributed by atoms with Crippen LogP contribution in [0, 0.1) is 0 Å². The maximum Gasteiger partial charge on any atom is 0.0795 e. The molecule has 0 spiro atoms. The fourth-order valence-electron chi connectivity index (χ4n) is 1.90. The second kappa shape index (κ2) is 9.85. The molecule has 1 rings (SSSR count). The first-order chi connectivity index (χ1) is 9.61. The Morgan fingerprint density at radius 2 is 1.55 bits per heavy atom. The molecule has 0 fully saturated rings. The van der Waals surface area contributed by atoms with Crippen molar-refractivity contribution in [2.24, 2.45) is 0 Å². The van der Waals surface area contributed by atoms with Gasteiger partial charge in [-0.25, -0.2) is 0 Å². The zero-order valence-corrected chi connectivity index (χ0v) is 11.6. The molecule has 5 nitrogen and oxygen atoms in total. The number of aliphatic hydroxyl groups excluding tert-OH is 4. The first-order valence-corrected chi connectivity index (χ1v) is 6.88. The van der Waals surface area contributed by atoms with Crippen molar-refractivity contribution in [1.82, 2.24) is 0 Å². The molecule has 0 unspecified atom stereocenters. The Labute approximate surface area is 119 Å². The van der Waals surface area contributed by atoms with E-state index in [1.807, 2.05) is 30.3 Å². The summed E-state index contributed by atoms with van der Waals surface area (Å²) in [7, 11) is 0. The molecule has 20 heavy (non-hydrogen) atoms. The zero-order valence-electron chi connectivity index (χ0n) is 11.6. The molecule has 0 aliphatic rings. The van der Waals surface area contributed by atoms with E-state index in [2.05, 4.69) is 0 Å². The Morgan fingerprint density at radius 1 is 0.900 bits per heavy atom. The normalized spacial score (nSPS) is 15.8. The third-order valence-corrected chi connectivity index (χ3v) is 3.01. The fourth-order valence-corrected chi connectivity index (χ4v) is 1.90. The molecule has 0 saturated heterocycles. The van der Waals surface area contributed by atoms with Crippen LogP contribution in [0.2, 0.25) is 0 Å². The second-order valence-corrected chi connectivity index (χ2v) is 4.94. The van der Waals surface area contributed by atoms with E-state index in [4.69, 9.17) is 14.9 Å². The summed E-state index contributed by atoms with van der Waals surface area (Å²) in [6, 6.07) is 9.76. The number of benzene rings is 1. The highest BCUT2D eigenvalue weighted by molar-refractivity contribution is 5.13. The molecule has 0 amide bonds. The smallest absolute Gasteiger partial charge is 0.0795 e. The number of aliphatic hydroxyl groups is 4. The van der Waals surface area contributed by atoms with E-state index in [0.717, 1.165) is 5.56 Å². The average Bonchev–Trinajstić information content (AvgIpc) is 2.44. The molecule has 0 heterocycles. The van der Waals surface area contributed by atoms with Gasteiger partial charge >= 0.3 is 0 Å². The van der Waals surface area contributed by atoms with E-state index in [1.165, 1.54) is 0 Å². The molecule has 0 bridgehead atoms. The molecular formula is C15H24O5. The van der Waals surface area contributed by atoms with Gasteiger partial charge in [-0.2, -0.15) is 0 Å². The van der Waals surface area contributed by atoms with Crippen LogP contribution in [0.5, 0.6) is 0 Å². The van der Waals surface area contributed by atoms with Crippen LogP contribution < -0.4 is 0 Å². The van der Waals surface area contributed by atoms with Crippen molar-refractivity contribution in [3.05, 3.63) is 35.9 Å². The molecule has 1 aromatic carbocycles. The summed E-state index contributed by atoms with van der Waals surface area (Å²) in [6.07, 6.45) is -1.76. The van der Waals surface area contributed by atoms with Gasteiger partial charge in [-0.1, -0.05) is 30.3 Å². The molecule has 0 aliphatic heterocycles. The van der Waals surface area contributed by atoms with Crippen molar-refractivity contribution in [3.8, 4) is 0 Å². The minimum atomic E-state index is -0.938. The van der Waals surface area contributed by atoms with Crippen molar-refractivity contribution in [2.45, 2.75) is 44.2 Å². The van der Waals surface area contributed by atoms with Gasteiger partial charge in [0.1, 0.15) is 0 Å². The summed E-state index contributed by atoms with van der Waals surface area (Å²) in [5, 5.41) is 37.1. The molecule has 4 N–H and O–H groups in total. The highest BCUT2D eigenvalue weighted by Gasteiger charge is 2.15. The van der Waals surface area contributed by atoms with Crippen LogP contribution in [-0.4, -0.2) is 52.0 Å². The van der Waals surface area contributed by atoms with Gasteiger partial charge in [-0.3, -0.25) is 0 Å². The SMILES string of the molecule is OC[C@@H](O)C[C@H](O)C[C@H](O)CCOCc1ccccc1. The van der Waals surface area contributed by atoms with Gasteiger partial charge in [0.15, 0.2) is 0 Å². The lowest BCUT2D eigenvalue weighted by Gasteiger charge is -2.17. The molecule has 1 aromatic rings. The van der Waals surface area contributed by atoms with Crippen LogP contribution in [0.3, 0.4) is 0 Å². The number of ether oxygens (including phenoxy) is 1. The van der Waals surface area contributed by atoms with Crippen molar-refractivity contribution in [3.63, 3.8) is 0 Å². The van der Waals surface area contributed by atoms with E-state index >= 15 is 0 Å². The predicted octanol–water partition coefficient (Wildman–Crippen LogP) is 0.448. The van der Waals surface area contributed by atoms with Crippen molar-refractivity contribution >= 4 is 0 Å². The van der Waals surface area contributed by atoms with Gasteiger partial charge in [-0.15, -0.1) is 0 Å². The highest BCUT2D eigenvalue weighted by Crippen LogP contribution is 2.09. The maximum absolute atomic E-state index is 9.72. The molecule has 114 valence electrons. The minimum Gasteiger partial charge on any atom is -0.394 e. The lowest BCUT2D eigenvalue weighted by Crippen LogP contribution is -2.25. The van der Waals surface area contributed by atoms with Gasteiger partial charge in [0.2, 0.25) is 0 Å². The lowest BCUT2D eigenvalue weighted by atomic mass is 10.0. The molecule has 0 aromatic heterocycles. The summed E-state index contributed by atoms with van der Waals surface area (Å²) in [5.74, 6) is 0. The van der Waals surface area contributed by atoms with Crippen molar-refractivity contribution in [1.29, 1.82) is 0 Å². The van der Waals surface area contributed by atoms with Crippen LogP contribution >= 0.6 is 0 Å². The Kier molecular flexibility index (Phi) is 8.41. The Hall–Kier alpha value is -0.980. The molecular weight excluding hydrogens is 260 g/mol. The van der Waals surface area contributed by atoms with Gasteiger partial charge in [0.05, 0.1) is 31.5 Å². The standard InChI is InChI=1S/C15H24O5/c16-10-15(19)9-14(18)8-13(17)6-7-20-11-12-4-2-1-3-5-12/h1-5,13-19H,6-11H2/t13-,14-,15+/m1/s1. The van der Waals surface area contributed by atoms with Gasteiger partial charge in [0, 0.05) is 13.0 Å². The third-order valence-electron chi connectivity index (χ3n) is 3.01. The first kappa shape index (κ1) is 17.1. The van der Waals surface area contributed by atoms with Crippen LogP contribution in [0.1, 0.15) is 24.8 Å². The zero-order chi connectivity index (χ0) is 14.8.